The van der Waals surface area contributed by atoms with Crippen LogP contribution < -0.4 is 10.6 Å². The van der Waals surface area contributed by atoms with Gasteiger partial charge < -0.3 is 15.7 Å². The van der Waals surface area contributed by atoms with Gasteiger partial charge in [-0.05, 0) is 39.0 Å². The Balaban J connectivity index is 2.99. The van der Waals surface area contributed by atoms with Crippen LogP contribution in [-0.2, 0) is 0 Å². The Labute approximate surface area is 102 Å². The van der Waals surface area contributed by atoms with E-state index in [1.54, 1.807) is 26.0 Å². The van der Waals surface area contributed by atoms with Crippen LogP contribution >= 0.6 is 11.6 Å². The van der Waals surface area contributed by atoms with E-state index in [2.05, 4.69) is 0 Å². The fraction of sp³-hybridized carbons (Fsp3) is 0.500. The van der Waals surface area contributed by atoms with Crippen molar-refractivity contribution in [2.75, 3.05) is 23.7 Å². The first-order valence-corrected chi connectivity index (χ1v) is 5.73. The summed E-state index contributed by atoms with van der Waals surface area (Å²) in [4.78, 5) is 2.02. The van der Waals surface area contributed by atoms with Crippen LogP contribution in [0.5, 0.6) is 0 Å². The van der Waals surface area contributed by atoms with Gasteiger partial charge in [0.05, 0.1) is 17.0 Å². The molecule has 90 valence electrons. The molecule has 3 nitrogen and oxygen atoms in total. The number of nitrogen functional groups attached to an aromatic ring is 1. The Kier molecular flexibility index (Phi) is 4.05. The molecule has 0 aromatic heterocycles. The largest absolute Gasteiger partial charge is 0.397 e. The van der Waals surface area contributed by atoms with E-state index >= 15 is 0 Å². The van der Waals surface area contributed by atoms with Crippen LogP contribution in [-0.4, -0.2) is 23.8 Å². The molecule has 0 amide bonds. The van der Waals surface area contributed by atoms with Crippen molar-refractivity contribution in [1.82, 2.24) is 0 Å². The highest BCUT2D eigenvalue weighted by Gasteiger charge is 2.19. The van der Waals surface area contributed by atoms with Crippen LogP contribution in [0.3, 0.4) is 0 Å². The van der Waals surface area contributed by atoms with E-state index in [9.17, 15) is 5.11 Å². The molecule has 0 aliphatic rings. The summed E-state index contributed by atoms with van der Waals surface area (Å²) in [5.41, 5.74) is 6.69. The molecule has 0 aliphatic heterocycles. The highest BCUT2D eigenvalue weighted by Crippen LogP contribution is 2.27. The van der Waals surface area contributed by atoms with E-state index in [1.807, 2.05) is 17.9 Å². The summed E-state index contributed by atoms with van der Waals surface area (Å²) in [6, 6.07) is 5.37. The molecule has 0 aliphatic carbocycles. The molecule has 0 atom stereocenters. The second kappa shape index (κ2) is 4.93. The molecule has 16 heavy (non-hydrogen) atoms. The molecule has 0 saturated carbocycles. The quantitative estimate of drug-likeness (QED) is 0.798. The minimum absolute atomic E-state index is 0.522. The molecule has 0 bridgehead atoms. The lowest BCUT2D eigenvalue weighted by atomic mass is 10.1. The lowest BCUT2D eigenvalue weighted by Crippen LogP contribution is -2.38. The van der Waals surface area contributed by atoms with Gasteiger partial charge >= 0.3 is 0 Å². The predicted molar refractivity (Wildman–Crippen MR) is 70.0 cm³/mol. The molecule has 1 aromatic carbocycles. The molecule has 1 aromatic rings. The van der Waals surface area contributed by atoms with E-state index in [-0.39, 0.29) is 0 Å². The van der Waals surface area contributed by atoms with Crippen LogP contribution in [0.4, 0.5) is 11.4 Å². The maximum Gasteiger partial charge on any atom is 0.0765 e. The zero-order valence-corrected chi connectivity index (χ0v) is 10.8. The number of anilines is 2. The number of benzene rings is 1. The van der Waals surface area contributed by atoms with Crippen molar-refractivity contribution in [1.29, 1.82) is 0 Å². The average molecular weight is 243 g/mol. The monoisotopic (exact) mass is 242 g/mol. The molecule has 1 rings (SSSR count). The summed E-state index contributed by atoms with van der Waals surface area (Å²) in [6.07, 6.45) is 0. The van der Waals surface area contributed by atoms with Gasteiger partial charge in [0.2, 0.25) is 0 Å². The van der Waals surface area contributed by atoms with Crippen LogP contribution in [0.1, 0.15) is 20.8 Å². The summed E-state index contributed by atoms with van der Waals surface area (Å²) < 4.78 is 0. The highest BCUT2D eigenvalue weighted by molar-refractivity contribution is 6.31. The van der Waals surface area contributed by atoms with Crippen LogP contribution in [0.25, 0.3) is 0 Å². The number of likely N-dealkylation sites (N-methyl/N-ethyl adjacent to an activating group) is 1. The minimum atomic E-state index is -0.759. The number of rotatable bonds is 4. The molecule has 4 heteroatoms. The van der Waals surface area contributed by atoms with Gasteiger partial charge in [-0.15, -0.1) is 0 Å². The van der Waals surface area contributed by atoms with Gasteiger partial charge in [0.1, 0.15) is 0 Å². The standard InChI is InChI=1S/C12H19ClN2O/c1-4-15(8-12(2,3)16)11-7-9(13)5-6-10(11)14/h5-7,16H,4,8,14H2,1-3H3. The zero-order valence-electron chi connectivity index (χ0n) is 10.00. The molecule has 0 spiro atoms. The smallest absolute Gasteiger partial charge is 0.0765 e. The predicted octanol–water partition coefficient (Wildman–Crippen LogP) is 2.52. The highest BCUT2D eigenvalue weighted by atomic mass is 35.5. The van der Waals surface area contributed by atoms with Gasteiger partial charge in [0, 0.05) is 18.1 Å². The summed E-state index contributed by atoms with van der Waals surface area (Å²) in [7, 11) is 0. The Hall–Kier alpha value is -0.930. The normalized spacial score (nSPS) is 11.6. The average Bonchev–Trinajstić information content (AvgIpc) is 2.17. The van der Waals surface area contributed by atoms with Crippen LogP contribution in [0.2, 0.25) is 5.02 Å². The Morgan fingerprint density at radius 2 is 2.06 bits per heavy atom. The molecular weight excluding hydrogens is 224 g/mol. The maximum atomic E-state index is 9.83. The van der Waals surface area contributed by atoms with Crippen molar-refractivity contribution in [3.8, 4) is 0 Å². The fourth-order valence-electron chi connectivity index (χ4n) is 1.63. The third-order valence-corrected chi connectivity index (χ3v) is 2.53. The number of hydrogen-bond acceptors (Lipinski definition) is 3. The second-order valence-corrected chi connectivity index (χ2v) is 4.97. The first-order chi connectivity index (χ1) is 7.33. The van der Waals surface area contributed by atoms with E-state index in [0.29, 0.717) is 17.3 Å². The van der Waals surface area contributed by atoms with Crippen molar-refractivity contribution in [2.24, 2.45) is 0 Å². The van der Waals surface area contributed by atoms with E-state index < -0.39 is 5.60 Å². The number of hydrogen-bond donors (Lipinski definition) is 2. The van der Waals surface area contributed by atoms with Gasteiger partial charge in [-0.3, -0.25) is 0 Å². The van der Waals surface area contributed by atoms with Crippen molar-refractivity contribution in [2.45, 2.75) is 26.4 Å². The first-order valence-electron chi connectivity index (χ1n) is 5.36. The minimum Gasteiger partial charge on any atom is -0.397 e. The van der Waals surface area contributed by atoms with Gasteiger partial charge in [-0.2, -0.15) is 0 Å². The lowest BCUT2D eigenvalue weighted by Gasteiger charge is -2.30. The summed E-state index contributed by atoms with van der Waals surface area (Å²) in [5.74, 6) is 0. The molecule has 0 fully saturated rings. The molecule has 0 saturated heterocycles. The van der Waals surface area contributed by atoms with Gasteiger partial charge in [-0.1, -0.05) is 11.6 Å². The first kappa shape index (κ1) is 13.1. The van der Waals surface area contributed by atoms with Gasteiger partial charge in [0.15, 0.2) is 0 Å². The van der Waals surface area contributed by atoms with Crippen LogP contribution in [0.15, 0.2) is 18.2 Å². The molecule has 3 N–H and O–H groups in total. The fourth-order valence-corrected chi connectivity index (χ4v) is 1.79. The van der Waals surface area contributed by atoms with E-state index in [4.69, 9.17) is 17.3 Å². The van der Waals surface area contributed by atoms with Gasteiger partial charge in [-0.25, -0.2) is 0 Å². The number of nitrogens with two attached hydrogens (primary N) is 1. The molecular formula is C12H19ClN2O. The summed E-state index contributed by atoms with van der Waals surface area (Å²) >= 11 is 5.94. The SMILES string of the molecule is CCN(CC(C)(C)O)c1cc(Cl)ccc1N. The third-order valence-electron chi connectivity index (χ3n) is 2.29. The second-order valence-electron chi connectivity index (χ2n) is 4.53. The number of nitrogens with zero attached hydrogens (tertiary/aromatic N) is 1. The van der Waals surface area contributed by atoms with E-state index in [1.165, 1.54) is 0 Å². The van der Waals surface area contributed by atoms with Crippen molar-refractivity contribution in [3.63, 3.8) is 0 Å². The van der Waals surface area contributed by atoms with Crippen molar-refractivity contribution < 1.29 is 5.11 Å². The van der Waals surface area contributed by atoms with Crippen molar-refractivity contribution in [3.05, 3.63) is 23.2 Å². The Bertz CT molecular complexity index is 361. The number of halogens is 1. The molecule has 0 radical (unpaired) electrons. The van der Waals surface area contributed by atoms with E-state index in [0.717, 1.165) is 12.2 Å². The third kappa shape index (κ3) is 3.58. The molecule has 0 unspecified atom stereocenters. The lowest BCUT2D eigenvalue weighted by molar-refractivity contribution is 0.0876. The number of aliphatic hydroxyl groups is 1. The van der Waals surface area contributed by atoms with Gasteiger partial charge in [0.25, 0.3) is 0 Å². The zero-order chi connectivity index (χ0) is 12.3. The van der Waals surface area contributed by atoms with Crippen molar-refractivity contribution >= 4 is 23.0 Å². The topological polar surface area (TPSA) is 49.5 Å². The van der Waals surface area contributed by atoms with Crippen LogP contribution in [0, 0.1) is 0 Å². The summed E-state index contributed by atoms with van der Waals surface area (Å²) in [5, 5.41) is 10.5. The Morgan fingerprint density at radius 1 is 1.44 bits per heavy atom. The maximum absolute atomic E-state index is 9.83. The molecule has 0 heterocycles. The summed E-state index contributed by atoms with van der Waals surface area (Å²) in [6.45, 7) is 6.86. The Morgan fingerprint density at radius 3 is 2.56 bits per heavy atom.